The van der Waals surface area contributed by atoms with Gasteiger partial charge >= 0.3 is 0 Å². The molecule has 2 rings (SSSR count). The molecule has 0 atom stereocenters. The molecule has 0 unspecified atom stereocenters. The third kappa shape index (κ3) is 3.23. The highest BCUT2D eigenvalue weighted by Crippen LogP contribution is 2.37. The van der Waals surface area contributed by atoms with E-state index >= 15 is 0 Å². The van der Waals surface area contributed by atoms with Gasteiger partial charge in [-0.2, -0.15) is 0 Å². The Morgan fingerprint density at radius 3 is 2.30 bits per heavy atom. The van der Waals surface area contributed by atoms with Crippen molar-refractivity contribution in [3.8, 4) is 0 Å². The van der Waals surface area contributed by atoms with Crippen LogP contribution in [0, 0.1) is 0 Å². The van der Waals surface area contributed by atoms with Gasteiger partial charge in [0.15, 0.2) is 5.90 Å². The Morgan fingerprint density at radius 1 is 1.15 bits per heavy atom. The predicted octanol–water partition coefficient (Wildman–Crippen LogP) is 4.73. The molecular weight excluding hydrogens is 246 g/mol. The highest BCUT2D eigenvalue weighted by atomic mass is 16.5. The fourth-order valence-corrected chi connectivity index (χ4v) is 3.08. The average molecular weight is 273 g/mol. The zero-order valence-corrected chi connectivity index (χ0v) is 13.3. The lowest BCUT2D eigenvalue weighted by atomic mass is 9.72. The molecule has 1 aliphatic rings. The van der Waals surface area contributed by atoms with Crippen LogP contribution in [-0.4, -0.2) is 18.0 Å². The molecule has 0 saturated carbocycles. The van der Waals surface area contributed by atoms with E-state index in [1.54, 1.807) is 0 Å². The van der Waals surface area contributed by atoms with Crippen molar-refractivity contribution >= 4 is 5.90 Å². The first-order chi connectivity index (χ1) is 9.51. The van der Waals surface area contributed by atoms with Crippen LogP contribution in [0.4, 0.5) is 0 Å². The minimum atomic E-state index is -0.0385. The van der Waals surface area contributed by atoms with Crippen molar-refractivity contribution in [3.05, 3.63) is 35.9 Å². The third-order valence-electron chi connectivity index (χ3n) is 4.58. The molecule has 110 valence electrons. The Kier molecular flexibility index (Phi) is 4.52. The van der Waals surface area contributed by atoms with Gasteiger partial charge in [-0.25, -0.2) is 4.99 Å². The van der Waals surface area contributed by atoms with E-state index in [-0.39, 0.29) is 11.0 Å². The first-order valence-corrected chi connectivity index (χ1v) is 7.78. The minimum absolute atomic E-state index is 0.0385. The fraction of sp³-hybridized carbons (Fsp3) is 0.611. The van der Waals surface area contributed by atoms with E-state index in [1.165, 1.54) is 5.56 Å². The van der Waals surface area contributed by atoms with Crippen molar-refractivity contribution in [2.24, 2.45) is 4.99 Å². The van der Waals surface area contributed by atoms with Crippen molar-refractivity contribution in [3.63, 3.8) is 0 Å². The first kappa shape index (κ1) is 15.1. The summed E-state index contributed by atoms with van der Waals surface area (Å²) in [6.45, 7) is 9.56. The van der Waals surface area contributed by atoms with Crippen LogP contribution in [0.25, 0.3) is 0 Å². The maximum Gasteiger partial charge on any atom is 0.183 e. The SMILES string of the molecule is CCC(CC)(CCC1=NC(C)(C)CO1)c1ccccc1. The van der Waals surface area contributed by atoms with E-state index in [1.807, 2.05) is 0 Å². The number of ether oxygens (including phenoxy) is 1. The smallest absolute Gasteiger partial charge is 0.183 e. The summed E-state index contributed by atoms with van der Waals surface area (Å²) in [4.78, 5) is 4.68. The molecule has 0 bridgehead atoms. The molecule has 0 aromatic heterocycles. The van der Waals surface area contributed by atoms with Gasteiger partial charge in [-0.15, -0.1) is 0 Å². The quantitative estimate of drug-likeness (QED) is 0.734. The Balaban J connectivity index is 2.11. The molecule has 1 aliphatic heterocycles. The molecule has 1 heterocycles. The lowest BCUT2D eigenvalue weighted by Gasteiger charge is -2.32. The summed E-state index contributed by atoms with van der Waals surface area (Å²) in [5.74, 6) is 0.942. The monoisotopic (exact) mass is 273 g/mol. The fourth-order valence-electron chi connectivity index (χ4n) is 3.08. The zero-order chi connectivity index (χ0) is 14.6. The molecule has 2 heteroatoms. The number of aliphatic imine (C=N–C) groups is 1. The molecule has 0 fully saturated rings. The van der Waals surface area contributed by atoms with Crippen molar-refractivity contribution in [1.82, 2.24) is 0 Å². The van der Waals surface area contributed by atoms with E-state index in [9.17, 15) is 0 Å². The standard InChI is InChI=1S/C18H27NO/c1-5-18(6-2,15-10-8-7-9-11-15)13-12-16-19-17(3,4)14-20-16/h7-11H,5-6,12-14H2,1-4H3. The molecular formula is C18H27NO. The second kappa shape index (κ2) is 5.99. The van der Waals surface area contributed by atoms with E-state index in [4.69, 9.17) is 4.74 Å². The van der Waals surface area contributed by atoms with Crippen molar-refractivity contribution in [1.29, 1.82) is 0 Å². The number of benzene rings is 1. The van der Waals surface area contributed by atoms with E-state index in [2.05, 4.69) is 63.0 Å². The molecule has 0 amide bonds. The molecule has 0 spiro atoms. The van der Waals surface area contributed by atoms with Crippen LogP contribution >= 0.6 is 0 Å². The van der Waals surface area contributed by atoms with Gasteiger partial charge in [0, 0.05) is 6.42 Å². The molecule has 20 heavy (non-hydrogen) atoms. The summed E-state index contributed by atoms with van der Waals surface area (Å²) in [5.41, 5.74) is 1.66. The van der Waals surface area contributed by atoms with E-state index in [0.29, 0.717) is 0 Å². The van der Waals surface area contributed by atoms with Gasteiger partial charge in [0.2, 0.25) is 0 Å². The second-order valence-corrected chi connectivity index (χ2v) is 6.46. The molecule has 0 radical (unpaired) electrons. The third-order valence-corrected chi connectivity index (χ3v) is 4.58. The summed E-state index contributed by atoms with van der Waals surface area (Å²) in [6, 6.07) is 10.9. The number of rotatable bonds is 6. The van der Waals surface area contributed by atoms with Crippen molar-refractivity contribution in [2.45, 2.75) is 64.3 Å². The Morgan fingerprint density at radius 2 is 1.80 bits per heavy atom. The predicted molar refractivity (Wildman–Crippen MR) is 85.4 cm³/mol. The summed E-state index contributed by atoms with van der Waals surface area (Å²) in [7, 11) is 0. The lowest BCUT2D eigenvalue weighted by molar-refractivity contribution is 0.268. The summed E-state index contributed by atoms with van der Waals surface area (Å²) in [5, 5.41) is 0. The highest BCUT2D eigenvalue weighted by molar-refractivity contribution is 5.78. The zero-order valence-electron chi connectivity index (χ0n) is 13.3. The topological polar surface area (TPSA) is 21.6 Å². The maximum absolute atomic E-state index is 5.74. The lowest BCUT2D eigenvalue weighted by Crippen LogP contribution is -2.25. The van der Waals surface area contributed by atoms with Crippen LogP contribution in [-0.2, 0) is 10.2 Å². The van der Waals surface area contributed by atoms with Crippen LogP contribution in [0.2, 0.25) is 0 Å². The normalized spacial score (nSPS) is 17.7. The van der Waals surface area contributed by atoms with Gasteiger partial charge in [0.1, 0.15) is 6.61 Å². The van der Waals surface area contributed by atoms with Gasteiger partial charge in [-0.05, 0) is 44.1 Å². The summed E-state index contributed by atoms with van der Waals surface area (Å²) in [6.07, 6.45) is 4.37. The maximum atomic E-state index is 5.74. The first-order valence-electron chi connectivity index (χ1n) is 7.78. The van der Waals surface area contributed by atoms with Crippen molar-refractivity contribution in [2.75, 3.05) is 6.61 Å². The molecule has 0 N–H and O–H groups in total. The van der Waals surface area contributed by atoms with Crippen molar-refractivity contribution < 1.29 is 4.74 Å². The Labute approximate surface area is 123 Å². The average Bonchev–Trinajstić information content (AvgIpc) is 2.81. The van der Waals surface area contributed by atoms with Gasteiger partial charge in [-0.3, -0.25) is 0 Å². The number of nitrogens with zero attached hydrogens (tertiary/aromatic N) is 1. The van der Waals surface area contributed by atoms with Gasteiger partial charge in [0.05, 0.1) is 5.54 Å². The Hall–Kier alpha value is -1.31. The van der Waals surface area contributed by atoms with Crippen LogP contribution in [0.1, 0.15) is 58.9 Å². The molecule has 1 aromatic carbocycles. The van der Waals surface area contributed by atoms with Crippen LogP contribution in [0.5, 0.6) is 0 Å². The number of hydrogen-bond donors (Lipinski definition) is 0. The van der Waals surface area contributed by atoms with Crippen LogP contribution in [0.3, 0.4) is 0 Å². The number of hydrogen-bond acceptors (Lipinski definition) is 2. The minimum Gasteiger partial charge on any atom is -0.478 e. The van der Waals surface area contributed by atoms with E-state index in [0.717, 1.165) is 38.2 Å². The largest absolute Gasteiger partial charge is 0.478 e. The van der Waals surface area contributed by atoms with Crippen LogP contribution in [0.15, 0.2) is 35.3 Å². The van der Waals surface area contributed by atoms with Gasteiger partial charge in [-0.1, -0.05) is 44.2 Å². The van der Waals surface area contributed by atoms with Crippen LogP contribution < -0.4 is 0 Å². The molecule has 1 aromatic rings. The molecule has 2 nitrogen and oxygen atoms in total. The molecule has 0 aliphatic carbocycles. The van der Waals surface area contributed by atoms with E-state index < -0.39 is 0 Å². The Bertz CT molecular complexity index is 458. The molecule has 0 saturated heterocycles. The summed E-state index contributed by atoms with van der Waals surface area (Å²) < 4.78 is 5.74. The van der Waals surface area contributed by atoms with Gasteiger partial charge < -0.3 is 4.74 Å². The summed E-state index contributed by atoms with van der Waals surface area (Å²) >= 11 is 0. The second-order valence-electron chi connectivity index (χ2n) is 6.46. The van der Waals surface area contributed by atoms with Gasteiger partial charge in [0.25, 0.3) is 0 Å². The highest BCUT2D eigenvalue weighted by Gasteiger charge is 2.31.